The molecule has 0 aliphatic carbocycles. The molecule has 80 valence electrons. The third-order valence-corrected chi connectivity index (χ3v) is 2.55. The number of aliphatic imine (C=N–C) groups is 1. The normalized spacial score (nSPS) is 10.7. The third-order valence-electron chi connectivity index (χ3n) is 1.63. The summed E-state index contributed by atoms with van der Waals surface area (Å²) in [7, 11) is 0. The van der Waals surface area contributed by atoms with Gasteiger partial charge >= 0.3 is 5.97 Å². The van der Waals surface area contributed by atoms with Crippen LogP contribution in [0.5, 0.6) is 0 Å². The topological polar surface area (TPSA) is 49.7 Å². The number of rotatable bonds is 6. The molecule has 0 fully saturated rings. The number of carboxylic acid groups (broad SMARTS) is 1. The van der Waals surface area contributed by atoms with E-state index in [-0.39, 0.29) is 5.75 Å². The number of benzene rings is 1. The Hall–Kier alpha value is -1.29. The minimum atomic E-state index is -0.771. The predicted octanol–water partition coefficient (Wildman–Crippen LogP) is 1.92. The Morgan fingerprint density at radius 2 is 2.13 bits per heavy atom. The number of carbonyl (C=O) groups is 1. The number of thioether (sulfide) groups is 1. The van der Waals surface area contributed by atoms with Crippen LogP contribution in [0.25, 0.3) is 0 Å². The maximum atomic E-state index is 10.2. The molecule has 1 N–H and O–H groups in total. The molecule has 1 aromatic carbocycles. The van der Waals surface area contributed by atoms with Crippen LogP contribution in [0.2, 0.25) is 0 Å². The fourth-order valence-electron chi connectivity index (χ4n) is 0.986. The van der Waals surface area contributed by atoms with E-state index in [1.807, 2.05) is 30.3 Å². The van der Waals surface area contributed by atoms with E-state index in [9.17, 15) is 4.79 Å². The van der Waals surface area contributed by atoms with E-state index >= 15 is 0 Å². The van der Waals surface area contributed by atoms with Crippen LogP contribution >= 0.6 is 11.8 Å². The van der Waals surface area contributed by atoms with E-state index in [4.69, 9.17) is 5.11 Å². The lowest BCUT2D eigenvalue weighted by molar-refractivity contribution is -0.133. The molecule has 3 nitrogen and oxygen atoms in total. The Kier molecular flexibility index (Phi) is 5.55. The van der Waals surface area contributed by atoms with Crippen molar-refractivity contribution < 1.29 is 9.90 Å². The first-order chi connectivity index (χ1) is 7.29. The highest BCUT2D eigenvalue weighted by Crippen LogP contribution is 1.99. The number of hydrogen-bond donors (Lipinski definition) is 1. The van der Waals surface area contributed by atoms with Crippen molar-refractivity contribution in [2.24, 2.45) is 4.99 Å². The average Bonchev–Trinajstić information content (AvgIpc) is 2.24. The van der Waals surface area contributed by atoms with Crippen molar-refractivity contribution >= 4 is 23.9 Å². The summed E-state index contributed by atoms with van der Waals surface area (Å²) in [5.41, 5.74) is 1.07. The highest BCUT2D eigenvalue weighted by atomic mass is 32.2. The Balaban J connectivity index is 2.15. The van der Waals surface area contributed by atoms with Crippen molar-refractivity contribution in [3.63, 3.8) is 0 Å². The quantitative estimate of drug-likeness (QED) is 0.592. The maximum absolute atomic E-state index is 10.2. The van der Waals surface area contributed by atoms with Gasteiger partial charge in [0.25, 0.3) is 0 Å². The lowest BCUT2D eigenvalue weighted by Crippen LogP contribution is -1.99. The first kappa shape index (κ1) is 11.8. The van der Waals surface area contributed by atoms with Crippen LogP contribution in [0.4, 0.5) is 0 Å². The summed E-state index contributed by atoms with van der Waals surface area (Å²) in [6, 6.07) is 9.84. The molecule has 0 aliphatic rings. The van der Waals surface area contributed by atoms with E-state index in [2.05, 4.69) is 4.99 Å². The highest BCUT2D eigenvalue weighted by Gasteiger charge is 1.94. The molecule has 0 unspecified atom stereocenters. The van der Waals surface area contributed by atoms with Gasteiger partial charge < -0.3 is 5.11 Å². The van der Waals surface area contributed by atoms with Crippen LogP contribution in [0, 0.1) is 0 Å². The number of hydrogen-bond acceptors (Lipinski definition) is 3. The number of nitrogens with zero attached hydrogens (tertiary/aromatic N) is 1. The van der Waals surface area contributed by atoms with Gasteiger partial charge in [-0.25, -0.2) is 0 Å². The van der Waals surface area contributed by atoms with E-state index in [1.54, 1.807) is 6.21 Å². The van der Waals surface area contributed by atoms with Crippen molar-refractivity contribution in [1.82, 2.24) is 0 Å². The second-order valence-corrected chi connectivity index (χ2v) is 4.00. The number of aliphatic carboxylic acids is 1. The zero-order valence-electron chi connectivity index (χ0n) is 8.30. The zero-order chi connectivity index (χ0) is 10.9. The van der Waals surface area contributed by atoms with Gasteiger partial charge in [0.05, 0.1) is 5.75 Å². The molecule has 0 atom stereocenters. The van der Waals surface area contributed by atoms with E-state index in [1.165, 1.54) is 11.8 Å². The first-order valence-electron chi connectivity index (χ1n) is 4.63. The fraction of sp³-hybridized carbons (Fsp3) is 0.273. The summed E-state index contributed by atoms with van der Waals surface area (Å²) >= 11 is 1.38. The molecule has 0 spiro atoms. The van der Waals surface area contributed by atoms with Gasteiger partial charge in [0.1, 0.15) is 0 Å². The third kappa shape index (κ3) is 5.91. The van der Waals surface area contributed by atoms with Crippen LogP contribution < -0.4 is 0 Å². The van der Waals surface area contributed by atoms with Crippen LogP contribution in [-0.2, 0) is 4.79 Å². The summed E-state index contributed by atoms with van der Waals surface area (Å²) < 4.78 is 0. The molecule has 15 heavy (non-hydrogen) atoms. The second kappa shape index (κ2) is 7.06. The fourth-order valence-corrected chi connectivity index (χ4v) is 1.54. The van der Waals surface area contributed by atoms with Gasteiger partial charge in [-0.3, -0.25) is 9.79 Å². The van der Waals surface area contributed by atoms with Crippen LogP contribution in [0.3, 0.4) is 0 Å². The molecular formula is C11H13NO2S. The molecule has 0 aliphatic heterocycles. The molecule has 1 aromatic rings. The SMILES string of the molecule is O=C(O)CSCCN=Cc1ccccc1. The first-order valence-corrected chi connectivity index (χ1v) is 5.79. The Labute approximate surface area is 93.2 Å². The Bertz CT molecular complexity index is 325. The van der Waals surface area contributed by atoms with E-state index in [0.29, 0.717) is 6.54 Å². The minimum Gasteiger partial charge on any atom is -0.481 e. The lowest BCUT2D eigenvalue weighted by Gasteiger charge is -1.94. The molecule has 0 amide bonds. The van der Waals surface area contributed by atoms with Crippen molar-refractivity contribution in [1.29, 1.82) is 0 Å². The van der Waals surface area contributed by atoms with Gasteiger partial charge in [0.15, 0.2) is 0 Å². The molecule has 4 heteroatoms. The van der Waals surface area contributed by atoms with Crippen molar-refractivity contribution in [3.8, 4) is 0 Å². The molecule has 0 saturated heterocycles. The largest absolute Gasteiger partial charge is 0.481 e. The molecule has 0 saturated carbocycles. The standard InChI is InChI=1S/C11H13NO2S/c13-11(14)9-15-7-6-12-8-10-4-2-1-3-5-10/h1-5,8H,6-7,9H2,(H,13,14). The van der Waals surface area contributed by atoms with Crippen LogP contribution in [-0.4, -0.2) is 35.3 Å². The molecule has 0 bridgehead atoms. The van der Waals surface area contributed by atoms with Crippen LogP contribution in [0.15, 0.2) is 35.3 Å². The monoisotopic (exact) mass is 223 g/mol. The average molecular weight is 223 g/mol. The van der Waals surface area contributed by atoms with E-state index in [0.717, 1.165) is 11.3 Å². The summed E-state index contributed by atoms with van der Waals surface area (Å²) in [5.74, 6) is 0.128. The smallest absolute Gasteiger partial charge is 0.313 e. The summed E-state index contributed by atoms with van der Waals surface area (Å²) in [5, 5.41) is 8.39. The lowest BCUT2D eigenvalue weighted by atomic mass is 10.2. The van der Waals surface area contributed by atoms with Crippen molar-refractivity contribution in [3.05, 3.63) is 35.9 Å². The molecule has 0 radical (unpaired) electrons. The van der Waals surface area contributed by atoms with Gasteiger partial charge in [-0.2, -0.15) is 0 Å². The molecular weight excluding hydrogens is 210 g/mol. The molecule has 0 heterocycles. The highest BCUT2D eigenvalue weighted by molar-refractivity contribution is 7.99. The van der Waals surface area contributed by atoms with Crippen molar-refractivity contribution in [2.75, 3.05) is 18.1 Å². The molecule has 1 rings (SSSR count). The van der Waals surface area contributed by atoms with Gasteiger partial charge in [-0.1, -0.05) is 30.3 Å². The summed E-state index contributed by atoms with van der Waals surface area (Å²) in [4.78, 5) is 14.4. The second-order valence-electron chi connectivity index (χ2n) is 2.89. The van der Waals surface area contributed by atoms with Gasteiger partial charge in [0, 0.05) is 18.5 Å². The maximum Gasteiger partial charge on any atom is 0.313 e. The van der Waals surface area contributed by atoms with E-state index < -0.39 is 5.97 Å². The predicted molar refractivity (Wildman–Crippen MR) is 63.9 cm³/mol. The Morgan fingerprint density at radius 3 is 2.80 bits per heavy atom. The summed E-state index contributed by atoms with van der Waals surface area (Å²) in [6.45, 7) is 0.660. The zero-order valence-corrected chi connectivity index (χ0v) is 9.11. The minimum absolute atomic E-state index is 0.154. The summed E-state index contributed by atoms with van der Waals surface area (Å²) in [6.07, 6.45) is 1.81. The number of carboxylic acids is 1. The van der Waals surface area contributed by atoms with Crippen molar-refractivity contribution in [2.45, 2.75) is 0 Å². The van der Waals surface area contributed by atoms with Gasteiger partial charge in [-0.15, -0.1) is 11.8 Å². The molecule has 0 aromatic heterocycles. The van der Waals surface area contributed by atoms with Gasteiger partial charge in [-0.05, 0) is 5.56 Å². The Morgan fingerprint density at radius 1 is 1.40 bits per heavy atom. The van der Waals surface area contributed by atoms with Crippen LogP contribution in [0.1, 0.15) is 5.56 Å². The van der Waals surface area contributed by atoms with Gasteiger partial charge in [0.2, 0.25) is 0 Å².